The van der Waals surface area contributed by atoms with Crippen LogP contribution in [0.3, 0.4) is 0 Å². The van der Waals surface area contributed by atoms with Crippen LogP contribution in [0.15, 0.2) is 0 Å². The fourth-order valence-electron chi connectivity index (χ4n) is 11.5. The molecule has 0 bridgehead atoms. The van der Waals surface area contributed by atoms with Crippen LogP contribution in [-0.4, -0.2) is 96.7 Å². The summed E-state index contributed by atoms with van der Waals surface area (Å²) < 4.78 is 68.5. The molecule has 0 amide bonds. The monoisotopic (exact) mass is 1400 g/mol. The molecule has 0 aromatic heterocycles. The van der Waals surface area contributed by atoms with E-state index < -0.39 is 97.5 Å². The van der Waals surface area contributed by atoms with E-state index in [0.717, 1.165) is 114 Å². The van der Waals surface area contributed by atoms with E-state index in [9.17, 15) is 43.2 Å². The summed E-state index contributed by atoms with van der Waals surface area (Å²) in [4.78, 5) is 72.8. The molecule has 0 aliphatic carbocycles. The quantitative estimate of drug-likeness (QED) is 0.0222. The average Bonchev–Trinajstić information content (AvgIpc) is 1.59. The summed E-state index contributed by atoms with van der Waals surface area (Å²) in [6.07, 6.45) is 49.9. The lowest BCUT2D eigenvalue weighted by molar-refractivity contribution is -0.161. The number of phosphoric ester groups is 2. The summed E-state index contributed by atoms with van der Waals surface area (Å²) >= 11 is 0. The van der Waals surface area contributed by atoms with E-state index in [0.29, 0.717) is 25.7 Å². The van der Waals surface area contributed by atoms with Crippen LogP contribution in [0.5, 0.6) is 0 Å². The zero-order chi connectivity index (χ0) is 70.3. The van der Waals surface area contributed by atoms with E-state index in [2.05, 4.69) is 55.4 Å². The van der Waals surface area contributed by atoms with Crippen LogP contribution in [0.4, 0.5) is 0 Å². The van der Waals surface area contributed by atoms with Crippen molar-refractivity contribution < 1.29 is 80.2 Å². The van der Waals surface area contributed by atoms with Gasteiger partial charge in [0.15, 0.2) is 12.2 Å². The maximum absolute atomic E-state index is 13.1. The second-order valence-electron chi connectivity index (χ2n) is 28.8. The second kappa shape index (κ2) is 65.4. The number of aliphatic hydroxyl groups is 1. The van der Waals surface area contributed by atoms with Gasteiger partial charge in [-0.15, -0.1) is 0 Å². The molecular formula is C76H148O17P2. The Hall–Kier alpha value is -1.94. The fraction of sp³-hybridized carbons (Fsp3) is 0.947. The van der Waals surface area contributed by atoms with Crippen LogP contribution in [0.1, 0.15) is 383 Å². The number of unbranched alkanes of at least 4 members (excludes halogenated alkanes) is 37. The second-order valence-corrected chi connectivity index (χ2v) is 31.7. The van der Waals surface area contributed by atoms with Crippen LogP contribution >= 0.6 is 15.6 Å². The Morgan fingerprint density at radius 3 is 0.747 bits per heavy atom. The van der Waals surface area contributed by atoms with E-state index in [1.54, 1.807) is 0 Å². The smallest absolute Gasteiger partial charge is 0.462 e. The highest BCUT2D eigenvalue weighted by molar-refractivity contribution is 7.47. The van der Waals surface area contributed by atoms with Crippen LogP contribution < -0.4 is 0 Å². The van der Waals surface area contributed by atoms with E-state index >= 15 is 0 Å². The van der Waals surface area contributed by atoms with Gasteiger partial charge in [-0.05, 0) is 49.4 Å². The lowest BCUT2D eigenvalue weighted by atomic mass is 9.99. The standard InChI is InChI=1S/C76H148O17P2/c1-9-68(7)54-46-38-30-21-15-13-11-12-14-16-23-32-40-48-56-73(78)86-62-71(92-75(80)58-50-42-34-24-18-17-22-31-39-47-55-69(8)10-2)64-90-94(82,83)88-60-70(77)61-89-95(84,85)91-65-72(63-87-74(79)57-49-41-33-27-26-29-37-45-53-67(5)6)93-76(81)59-51-43-35-25-19-20-28-36-44-52-66(3)4/h66-72,77H,9-65H2,1-8H3,(H,82,83)(H,84,85)/t68?,69?,70?,71-,72-/m1/s1. The van der Waals surface area contributed by atoms with Gasteiger partial charge in [-0.2, -0.15) is 0 Å². The molecule has 5 unspecified atom stereocenters. The number of hydrogen-bond donors (Lipinski definition) is 3. The van der Waals surface area contributed by atoms with Crippen LogP contribution in [0.2, 0.25) is 0 Å². The molecule has 0 aromatic rings. The summed E-state index contributed by atoms with van der Waals surface area (Å²) in [6, 6.07) is 0. The van der Waals surface area contributed by atoms with Crippen molar-refractivity contribution in [2.75, 3.05) is 39.6 Å². The van der Waals surface area contributed by atoms with E-state index in [1.807, 2.05) is 0 Å². The Bertz CT molecular complexity index is 1870. The Balaban J connectivity index is 5.25. The normalized spacial score (nSPS) is 14.7. The molecule has 19 heteroatoms. The van der Waals surface area contributed by atoms with Crippen molar-refractivity contribution in [2.24, 2.45) is 23.7 Å². The first-order chi connectivity index (χ1) is 45.7. The molecule has 0 rings (SSSR count). The van der Waals surface area contributed by atoms with Gasteiger partial charge >= 0.3 is 39.5 Å². The zero-order valence-electron chi connectivity index (χ0n) is 62.3. The summed E-state index contributed by atoms with van der Waals surface area (Å²) in [7, 11) is -9.91. The van der Waals surface area contributed by atoms with Crippen LogP contribution in [0, 0.1) is 23.7 Å². The lowest BCUT2D eigenvalue weighted by Crippen LogP contribution is -2.30. The van der Waals surface area contributed by atoms with Crippen molar-refractivity contribution in [3.05, 3.63) is 0 Å². The number of carbonyl (C=O) groups excluding carboxylic acids is 4. The largest absolute Gasteiger partial charge is 0.472 e. The number of aliphatic hydroxyl groups excluding tert-OH is 1. The van der Waals surface area contributed by atoms with Crippen LogP contribution in [0.25, 0.3) is 0 Å². The number of phosphoric acid groups is 2. The third-order valence-corrected chi connectivity index (χ3v) is 20.2. The molecule has 0 heterocycles. The Kier molecular flexibility index (Phi) is 64.0. The number of rotatable bonds is 73. The van der Waals surface area contributed by atoms with Crippen molar-refractivity contribution in [2.45, 2.75) is 401 Å². The number of ether oxygens (including phenoxy) is 4. The van der Waals surface area contributed by atoms with Crippen molar-refractivity contribution in [1.29, 1.82) is 0 Å². The van der Waals surface area contributed by atoms with Crippen molar-refractivity contribution in [3.63, 3.8) is 0 Å². The predicted molar refractivity (Wildman–Crippen MR) is 386 cm³/mol. The highest BCUT2D eigenvalue weighted by Gasteiger charge is 2.30. The molecule has 0 spiro atoms. The molecule has 0 radical (unpaired) electrons. The molecule has 7 atom stereocenters. The SMILES string of the molecule is CCC(C)CCCCCCCCCCCCCCCCC(=O)OC[C@H](COP(=O)(O)OCC(O)COP(=O)(O)OC[C@@H](COC(=O)CCCCCCCCCCC(C)C)OC(=O)CCCCCCCCCCCC(C)C)OC(=O)CCCCCCCCCCCCC(C)CC. The molecule has 0 aromatic carbocycles. The molecule has 3 N–H and O–H groups in total. The van der Waals surface area contributed by atoms with Gasteiger partial charge in [0.2, 0.25) is 0 Å². The molecule has 17 nitrogen and oxygen atoms in total. The molecule has 0 aliphatic rings. The van der Waals surface area contributed by atoms with Crippen molar-refractivity contribution >= 4 is 39.5 Å². The number of hydrogen-bond acceptors (Lipinski definition) is 15. The number of esters is 4. The topological polar surface area (TPSA) is 237 Å². The predicted octanol–water partition coefficient (Wildman–Crippen LogP) is 22.0. The summed E-state index contributed by atoms with van der Waals surface area (Å²) in [6.45, 7) is 14.2. The third kappa shape index (κ3) is 67.6. The molecule has 0 aliphatic heterocycles. The van der Waals surface area contributed by atoms with Gasteiger partial charge in [-0.1, -0.05) is 331 Å². The van der Waals surface area contributed by atoms with Crippen molar-refractivity contribution in [3.8, 4) is 0 Å². The van der Waals surface area contributed by atoms with E-state index in [-0.39, 0.29) is 25.7 Å². The van der Waals surface area contributed by atoms with Gasteiger partial charge in [-0.3, -0.25) is 37.3 Å². The van der Waals surface area contributed by atoms with E-state index in [1.165, 1.54) is 186 Å². The summed E-state index contributed by atoms with van der Waals surface area (Å²) in [5.74, 6) is 0.994. The highest BCUT2D eigenvalue weighted by atomic mass is 31.2. The van der Waals surface area contributed by atoms with Crippen molar-refractivity contribution in [1.82, 2.24) is 0 Å². The van der Waals surface area contributed by atoms with Gasteiger partial charge in [0, 0.05) is 25.7 Å². The molecular weight excluding hydrogens is 1250 g/mol. The minimum absolute atomic E-state index is 0.104. The first-order valence-corrected chi connectivity index (χ1v) is 42.3. The maximum Gasteiger partial charge on any atom is 0.472 e. The minimum Gasteiger partial charge on any atom is -0.462 e. The molecule has 95 heavy (non-hydrogen) atoms. The minimum atomic E-state index is -4.96. The van der Waals surface area contributed by atoms with Crippen LogP contribution in [-0.2, 0) is 65.4 Å². The lowest BCUT2D eigenvalue weighted by Gasteiger charge is -2.21. The molecule has 0 saturated heterocycles. The number of carbonyl (C=O) groups is 4. The van der Waals surface area contributed by atoms with Gasteiger partial charge in [0.1, 0.15) is 19.3 Å². The third-order valence-electron chi connectivity index (χ3n) is 18.3. The zero-order valence-corrected chi connectivity index (χ0v) is 64.1. The summed E-state index contributed by atoms with van der Waals surface area (Å²) in [5.41, 5.74) is 0. The Morgan fingerprint density at radius 2 is 0.505 bits per heavy atom. The molecule has 0 saturated carbocycles. The first-order valence-electron chi connectivity index (χ1n) is 39.3. The average molecular weight is 1400 g/mol. The van der Waals surface area contributed by atoms with Gasteiger partial charge < -0.3 is 33.8 Å². The summed E-state index contributed by atoms with van der Waals surface area (Å²) in [5, 5.41) is 10.6. The van der Waals surface area contributed by atoms with Gasteiger partial charge in [-0.25, -0.2) is 9.13 Å². The van der Waals surface area contributed by atoms with E-state index in [4.69, 9.17) is 37.0 Å². The molecule has 0 fully saturated rings. The van der Waals surface area contributed by atoms with Gasteiger partial charge in [0.05, 0.1) is 26.4 Å². The molecule has 564 valence electrons. The first kappa shape index (κ1) is 93.1. The van der Waals surface area contributed by atoms with Gasteiger partial charge in [0.25, 0.3) is 0 Å². The highest BCUT2D eigenvalue weighted by Crippen LogP contribution is 2.45. The maximum atomic E-state index is 13.1. The Morgan fingerprint density at radius 1 is 0.295 bits per heavy atom. The fourth-order valence-corrected chi connectivity index (χ4v) is 13.1. The Labute approximate surface area is 581 Å².